The average molecular weight is 425 g/mol. The molecule has 0 aliphatic carbocycles. The fourth-order valence-electron chi connectivity index (χ4n) is 3.56. The zero-order chi connectivity index (χ0) is 19.9. The van der Waals surface area contributed by atoms with Gasteiger partial charge in [-0.1, -0.05) is 17.7 Å². The van der Waals surface area contributed by atoms with Crippen LogP contribution in [0.1, 0.15) is 24.4 Å². The summed E-state index contributed by atoms with van der Waals surface area (Å²) in [6, 6.07) is 8.58. The molecule has 2 aromatic carbocycles. The van der Waals surface area contributed by atoms with Crippen LogP contribution in [0.2, 0.25) is 5.02 Å². The van der Waals surface area contributed by atoms with E-state index in [9.17, 15) is 18.5 Å². The number of sulfonamides is 1. The lowest BCUT2D eigenvalue weighted by molar-refractivity contribution is -0.384. The summed E-state index contributed by atoms with van der Waals surface area (Å²) in [4.78, 5) is 10.3. The summed E-state index contributed by atoms with van der Waals surface area (Å²) in [6.45, 7) is 1.25. The highest BCUT2D eigenvalue weighted by Gasteiger charge is 2.37. The minimum Gasteiger partial charge on any atom is -0.486 e. The summed E-state index contributed by atoms with van der Waals surface area (Å²) in [6.07, 6.45) is 1.34. The summed E-state index contributed by atoms with van der Waals surface area (Å²) >= 11 is 5.82. The molecule has 0 saturated carbocycles. The zero-order valence-corrected chi connectivity index (χ0v) is 16.3. The molecule has 0 N–H and O–H groups in total. The number of hydrogen-bond acceptors (Lipinski definition) is 6. The van der Waals surface area contributed by atoms with Crippen molar-refractivity contribution in [3.05, 3.63) is 57.1 Å². The standard InChI is InChI=1S/C18H17ClN2O6S/c19-14-5-4-13(11-16(14)21(22)23)28(24,25)20-7-1-2-15(20)12-3-6-17-18(10-12)27-9-8-26-17/h3-6,10-11,15H,1-2,7-9H2/t15-/m0/s1. The molecular formula is C18H17ClN2O6S. The zero-order valence-electron chi connectivity index (χ0n) is 14.7. The molecule has 2 aromatic rings. The van der Waals surface area contributed by atoms with E-state index >= 15 is 0 Å². The van der Waals surface area contributed by atoms with Crippen LogP contribution in [0, 0.1) is 10.1 Å². The molecule has 1 atom stereocenters. The number of benzene rings is 2. The van der Waals surface area contributed by atoms with Gasteiger partial charge in [0.05, 0.1) is 15.9 Å². The summed E-state index contributed by atoms with van der Waals surface area (Å²) < 4.78 is 38.9. The SMILES string of the molecule is O=[N+]([O-])c1cc(S(=O)(=O)N2CCC[C@H]2c2ccc3c(c2)OCCO3)ccc1Cl. The van der Waals surface area contributed by atoms with Crippen LogP contribution in [0.5, 0.6) is 11.5 Å². The number of nitro benzene ring substituents is 1. The quantitative estimate of drug-likeness (QED) is 0.549. The topological polar surface area (TPSA) is 99.0 Å². The number of hydrogen-bond donors (Lipinski definition) is 0. The van der Waals surface area contributed by atoms with Crippen molar-refractivity contribution >= 4 is 27.3 Å². The summed E-state index contributed by atoms with van der Waals surface area (Å²) in [5.74, 6) is 1.23. The average Bonchev–Trinajstić information content (AvgIpc) is 3.18. The van der Waals surface area contributed by atoms with E-state index in [-0.39, 0.29) is 16.0 Å². The van der Waals surface area contributed by atoms with Crippen molar-refractivity contribution in [3.8, 4) is 11.5 Å². The molecule has 0 aromatic heterocycles. The first-order chi connectivity index (χ1) is 13.4. The number of ether oxygens (including phenoxy) is 2. The Balaban J connectivity index is 1.70. The molecule has 2 heterocycles. The molecule has 8 nitrogen and oxygen atoms in total. The number of halogens is 1. The highest BCUT2D eigenvalue weighted by atomic mass is 35.5. The predicted molar refractivity (Wildman–Crippen MR) is 101 cm³/mol. The second-order valence-electron chi connectivity index (χ2n) is 6.55. The fourth-order valence-corrected chi connectivity index (χ4v) is 5.45. The lowest BCUT2D eigenvalue weighted by Crippen LogP contribution is -2.30. The Kier molecular flexibility index (Phi) is 4.90. The largest absolute Gasteiger partial charge is 0.486 e. The Labute approximate surface area is 166 Å². The van der Waals surface area contributed by atoms with Gasteiger partial charge in [-0.2, -0.15) is 4.31 Å². The number of nitrogens with zero attached hydrogens (tertiary/aromatic N) is 2. The van der Waals surface area contributed by atoms with Crippen molar-refractivity contribution in [2.24, 2.45) is 0 Å². The van der Waals surface area contributed by atoms with Gasteiger partial charge in [0.1, 0.15) is 18.2 Å². The van der Waals surface area contributed by atoms with Crippen molar-refractivity contribution in [2.45, 2.75) is 23.8 Å². The number of nitro groups is 1. The van der Waals surface area contributed by atoms with Gasteiger partial charge in [0.15, 0.2) is 11.5 Å². The van der Waals surface area contributed by atoms with Gasteiger partial charge in [-0.15, -0.1) is 0 Å². The summed E-state index contributed by atoms with van der Waals surface area (Å²) in [7, 11) is -3.93. The highest BCUT2D eigenvalue weighted by Crippen LogP contribution is 2.41. The van der Waals surface area contributed by atoms with E-state index in [0.29, 0.717) is 44.1 Å². The predicted octanol–water partition coefficient (Wildman–Crippen LogP) is 3.55. The highest BCUT2D eigenvalue weighted by molar-refractivity contribution is 7.89. The lowest BCUT2D eigenvalue weighted by atomic mass is 10.0. The van der Waals surface area contributed by atoms with Crippen LogP contribution in [0.25, 0.3) is 0 Å². The normalized spacial score (nSPS) is 19.5. The van der Waals surface area contributed by atoms with Gasteiger partial charge < -0.3 is 9.47 Å². The van der Waals surface area contributed by atoms with Gasteiger partial charge in [0, 0.05) is 12.6 Å². The fraction of sp³-hybridized carbons (Fsp3) is 0.333. The van der Waals surface area contributed by atoms with E-state index < -0.39 is 20.6 Å². The Morgan fingerprint density at radius 3 is 2.61 bits per heavy atom. The van der Waals surface area contributed by atoms with Crippen molar-refractivity contribution < 1.29 is 22.8 Å². The second-order valence-corrected chi connectivity index (χ2v) is 8.84. The van der Waals surface area contributed by atoms with Crippen molar-refractivity contribution in [1.82, 2.24) is 4.31 Å². The Hall–Kier alpha value is -2.36. The number of rotatable bonds is 4. The van der Waals surface area contributed by atoms with Crippen molar-refractivity contribution in [3.63, 3.8) is 0 Å². The molecule has 1 saturated heterocycles. The molecule has 0 amide bonds. The van der Waals surface area contributed by atoms with E-state index in [4.69, 9.17) is 21.1 Å². The molecule has 2 aliphatic heterocycles. The van der Waals surface area contributed by atoms with E-state index in [0.717, 1.165) is 11.6 Å². The first-order valence-corrected chi connectivity index (χ1v) is 10.5. The molecule has 1 fully saturated rings. The first-order valence-electron chi connectivity index (χ1n) is 8.73. The molecule has 0 bridgehead atoms. The maximum atomic E-state index is 13.2. The van der Waals surface area contributed by atoms with Gasteiger partial charge in [-0.25, -0.2) is 8.42 Å². The van der Waals surface area contributed by atoms with Gasteiger partial charge >= 0.3 is 0 Å². The number of fused-ring (bicyclic) bond motifs is 1. The third-order valence-electron chi connectivity index (χ3n) is 4.88. The van der Waals surface area contributed by atoms with Crippen molar-refractivity contribution in [1.29, 1.82) is 0 Å². The molecule has 0 spiro atoms. The Bertz CT molecular complexity index is 1040. The van der Waals surface area contributed by atoms with Crippen molar-refractivity contribution in [2.75, 3.05) is 19.8 Å². The van der Waals surface area contributed by atoms with E-state index in [2.05, 4.69) is 0 Å². The van der Waals surface area contributed by atoms with E-state index in [1.54, 1.807) is 12.1 Å². The summed E-state index contributed by atoms with van der Waals surface area (Å²) in [5, 5.41) is 11.0. The smallest absolute Gasteiger partial charge is 0.289 e. The molecular weight excluding hydrogens is 408 g/mol. The van der Waals surface area contributed by atoms with Gasteiger partial charge in [-0.05, 0) is 42.7 Å². The molecule has 10 heteroatoms. The summed E-state index contributed by atoms with van der Waals surface area (Å²) in [5.41, 5.74) is 0.367. The molecule has 2 aliphatic rings. The second kappa shape index (κ2) is 7.23. The Morgan fingerprint density at radius 2 is 1.86 bits per heavy atom. The lowest BCUT2D eigenvalue weighted by Gasteiger charge is -2.26. The van der Waals surface area contributed by atoms with Crippen LogP contribution in [-0.2, 0) is 10.0 Å². The van der Waals surface area contributed by atoms with Gasteiger partial charge in [-0.3, -0.25) is 10.1 Å². The van der Waals surface area contributed by atoms with Crippen LogP contribution >= 0.6 is 11.6 Å². The third-order valence-corrected chi connectivity index (χ3v) is 7.10. The molecule has 0 unspecified atom stereocenters. The molecule has 4 rings (SSSR count). The monoisotopic (exact) mass is 424 g/mol. The van der Waals surface area contributed by atoms with Gasteiger partial charge in [0.2, 0.25) is 10.0 Å². The van der Waals surface area contributed by atoms with Crippen LogP contribution in [0.4, 0.5) is 5.69 Å². The van der Waals surface area contributed by atoms with Crippen LogP contribution < -0.4 is 9.47 Å². The first kappa shape index (κ1) is 19.0. The van der Waals surface area contributed by atoms with E-state index in [1.165, 1.54) is 16.4 Å². The maximum Gasteiger partial charge on any atom is 0.289 e. The molecule has 148 valence electrons. The maximum absolute atomic E-state index is 13.2. The van der Waals surface area contributed by atoms with Crippen LogP contribution in [0.3, 0.4) is 0 Å². The van der Waals surface area contributed by atoms with Crippen LogP contribution in [0.15, 0.2) is 41.3 Å². The third kappa shape index (κ3) is 3.30. The minimum absolute atomic E-state index is 0.103. The minimum atomic E-state index is -3.93. The Morgan fingerprint density at radius 1 is 1.11 bits per heavy atom. The van der Waals surface area contributed by atoms with E-state index in [1.807, 2.05) is 6.07 Å². The van der Waals surface area contributed by atoms with Crippen LogP contribution in [-0.4, -0.2) is 37.4 Å². The molecule has 0 radical (unpaired) electrons. The van der Waals surface area contributed by atoms with Gasteiger partial charge in [0.25, 0.3) is 5.69 Å². The molecule has 28 heavy (non-hydrogen) atoms.